The number of aliphatic hydroxyl groups is 5. The van der Waals surface area contributed by atoms with Crippen LogP contribution in [-0.2, 0) is 9.22 Å². The van der Waals surface area contributed by atoms with Gasteiger partial charge in [-0.05, 0) is 36.2 Å². The molecule has 0 aromatic carbocycles. The van der Waals surface area contributed by atoms with Crippen molar-refractivity contribution < 1.29 is 34.8 Å². The number of carbonyl (C=O) groups is 1. The Labute approximate surface area is 203 Å². The molecule has 5 N–H and O–H groups in total. The van der Waals surface area contributed by atoms with Crippen LogP contribution in [0.4, 0.5) is 0 Å². The van der Waals surface area contributed by atoms with Crippen molar-refractivity contribution in [2.75, 3.05) is 6.61 Å². The van der Waals surface area contributed by atoms with Crippen LogP contribution >= 0.6 is 0 Å². The molecule has 0 aromatic rings. The van der Waals surface area contributed by atoms with Gasteiger partial charge in [-0.1, -0.05) is 53.7 Å². The Morgan fingerprint density at radius 1 is 1.09 bits per heavy atom. The van der Waals surface area contributed by atoms with E-state index >= 15 is 0 Å². The molecular weight excluding hydrogens is 452 g/mol. The first-order chi connectivity index (χ1) is 15.2. The first-order valence-corrected chi connectivity index (χ1v) is 15.2. The third-order valence-electron chi connectivity index (χ3n) is 10.4. The molecule has 7 nitrogen and oxygen atoms in total. The second kappa shape index (κ2) is 7.12. The number of ketones is 1. The Bertz CT molecular complexity index is 978. The van der Waals surface area contributed by atoms with Crippen LogP contribution < -0.4 is 0 Å². The molecule has 1 unspecified atom stereocenters. The van der Waals surface area contributed by atoms with Crippen molar-refractivity contribution in [2.24, 2.45) is 29.1 Å². The number of hydrogen-bond acceptors (Lipinski definition) is 7. The summed E-state index contributed by atoms with van der Waals surface area (Å²) in [6.45, 7) is 17.4. The van der Waals surface area contributed by atoms with Gasteiger partial charge in [-0.2, -0.15) is 0 Å². The van der Waals surface area contributed by atoms with Crippen LogP contribution in [0.1, 0.15) is 48.5 Å². The summed E-state index contributed by atoms with van der Waals surface area (Å²) >= 11 is 0. The molecule has 8 heteroatoms. The standard InChI is InChI=1S/C26H42O7Si/c1-13-10-17-24(30)14(2)20(28)26(32)18(23(26,6)7)16(24)11-15(21(29)25(17,31)19(13)27)12-33-34(8,9)22(3,4)5/h10-11,14,16-18,20-21,28-32H,12H2,1-9H3/t14-,16?,17+,18-,20-,21-,24-,25-,26-/m1/s1. The molecule has 9 atom stereocenters. The second-order valence-electron chi connectivity index (χ2n) is 13.3. The first kappa shape index (κ1) is 26.2. The van der Waals surface area contributed by atoms with Gasteiger partial charge < -0.3 is 30.0 Å². The highest BCUT2D eigenvalue weighted by Crippen LogP contribution is 2.74. The fourth-order valence-electron chi connectivity index (χ4n) is 6.93. The molecule has 0 heterocycles. The van der Waals surface area contributed by atoms with Crippen molar-refractivity contribution in [2.45, 2.75) is 95.6 Å². The summed E-state index contributed by atoms with van der Waals surface area (Å²) in [5.41, 5.74) is -5.55. The van der Waals surface area contributed by atoms with Crippen LogP contribution in [-0.4, -0.2) is 75.3 Å². The highest BCUT2D eigenvalue weighted by atomic mass is 28.4. The topological polar surface area (TPSA) is 127 Å². The highest BCUT2D eigenvalue weighted by molar-refractivity contribution is 6.74. The Kier molecular flexibility index (Phi) is 5.48. The summed E-state index contributed by atoms with van der Waals surface area (Å²) < 4.78 is 6.38. The minimum Gasteiger partial charge on any atom is -0.413 e. The SMILES string of the molecule is CC1=C[C@@H]2[C@@](O)(C1=O)[C@H](O)C(CO[Si](C)(C)C(C)(C)C)=CC1[C@@H]3C(C)(C)[C@]3(O)[C@H](O)[C@@H](C)[C@@]12O. The monoisotopic (exact) mass is 494 g/mol. The van der Waals surface area contributed by atoms with Gasteiger partial charge >= 0.3 is 0 Å². The van der Waals surface area contributed by atoms with Gasteiger partial charge in [-0.3, -0.25) is 4.79 Å². The van der Waals surface area contributed by atoms with Gasteiger partial charge in [0.1, 0.15) is 11.7 Å². The molecule has 0 spiro atoms. The van der Waals surface area contributed by atoms with Crippen LogP contribution in [0.25, 0.3) is 0 Å². The number of carbonyl (C=O) groups excluding carboxylic acids is 1. The lowest BCUT2D eigenvalue weighted by atomic mass is 9.59. The summed E-state index contributed by atoms with van der Waals surface area (Å²) in [6.07, 6.45) is 0.417. The maximum absolute atomic E-state index is 13.3. The van der Waals surface area contributed by atoms with Gasteiger partial charge in [-0.15, -0.1) is 0 Å². The van der Waals surface area contributed by atoms with Gasteiger partial charge in [0.05, 0.1) is 18.3 Å². The summed E-state index contributed by atoms with van der Waals surface area (Å²) in [7, 11) is -2.24. The predicted octanol–water partition coefficient (Wildman–Crippen LogP) is 1.93. The third-order valence-corrected chi connectivity index (χ3v) is 14.9. The molecule has 0 aliphatic heterocycles. The van der Waals surface area contributed by atoms with E-state index in [4.69, 9.17) is 4.43 Å². The molecule has 4 aliphatic rings. The maximum Gasteiger partial charge on any atom is 0.193 e. The molecule has 2 fully saturated rings. The average molecular weight is 495 g/mol. The largest absolute Gasteiger partial charge is 0.413 e. The molecule has 0 radical (unpaired) electrons. The van der Waals surface area contributed by atoms with E-state index in [2.05, 4.69) is 33.9 Å². The van der Waals surface area contributed by atoms with Crippen LogP contribution in [0.5, 0.6) is 0 Å². The van der Waals surface area contributed by atoms with E-state index in [1.807, 2.05) is 13.8 Å². The van der Waals surface area contributed by atoms with Gasteiger partial charge in [-0.25, -0.2) is 0 Å². The van der Waals surface area contributed by atoms with E-state index in [1.165, 1.54) is 6.08 Å². The lowest BCUT2D eigenvalue weighted by Gasteiger charge is -2.52. The fourth-order valence-corrected chi connectivity index (χ4v) is 7.89. The smallest absolute Gasteiger partial charge is 0.193 e. The van der Waals surface area contributed by atoms with E-state index in [-0.39, 0.29) is 17.2 Å². The third kappa shape index (κ3) is 2.88. The molecule has 34 heavy (non-hydrogen) atoms. The lowest BCUT2D eigenvalue weighted by molar-refractivity contribution is -0.218. The molecule has 0 saturated heterocycles. The number of Topliss-reactive ketones (excluding diaryl/α,β-unsaturated/α-hetero) is 1. The van der Waals surface area contributed by atoms with E-state index < -0.39 is 72.2 Å². The predicted molar refractivity (Wildman–Crippen MR) is 130 cm³/mol. The Hall–Kier alpha value is -0.873. The van der Waals surface area contributed by atoms with Gasteiger partial charge in [0, 0.05) is 29.1 Å². The Morgan fingerprint density at radius 2 is 1.65 bits per heavy atom. The van der Waals surface area contributed by atoms with E-state index in [0.717, 1.165) is 0 Å². The lowest BCUT2D eigenvalue weighted by Crippen LogP contribution is -2.67. The van der Waals surface area contributed by atoms with E-state index in [0.29, 0.717) is 5.57 Å². The zero-order chi connectivity index (χ0) is 26.0. The number of aliphatic hydroxyl groups excluding tert-OH is 2. The minimum atomic E-state index is -2.28. The molecule has 0 amide bonds. The van der Waals surface area contributed by atoms with Crippen molar-refractivity contribution >= 4 is 14.1 Å². The van der Waals surface area contributed by atoms with Crippen molar-refractivity contribution in [3.63, 3.8) is 0 Å². The highest BCUT2D eigenvalue weighted by Gasteiger charge is 2.84. The normalized spacial score (nSPS) is 47.8. The molecule has 0 aromatic heterocycles. The zero-order valence-corrected chi connectivity index (χ0v) is 22.9. The second-order valence-corrected chi connectivity index (χ2v) is 18.2. The number of hydrogen-bond donors (Lipinski definition) is 5. The molecule has 2 saturated carbocycles. The summed E-state index contributed by atoms with van der Waals surface area (Å²) in [4.78, 5) is 13.3. The first-order valence-electron chi connectivity index (χ1n) is 12.3. The molecule has 4 rings (SSSR count). The minimum absolute atomic E-state index is 0.00804. The maximum atomic E-state index is 13.3. The number of fused-ring (bicyclic) bond motifs is 5. The van der Waals surface area contributed by atoms with Gasteiger partial charge in [0.2, 0.25) is 0 Å². The van der Waals surface area contributed by atoms with Gasteiger partial charge in [0.25, 0.3) is 0 Å². The zero-order valence-electron chi connectivity index (χ0n) is 21.9. The molecule has 4 aliphatic carbocycles. The Morgan fingerprint density at radius 3 is 2.18 bits per heavy atom. The summed E-state index contributed by atoms with van der Waals surface area (Å²) in [6, 6.07) is 0. The summed E-state index contributed by atoms with van der Waals surface area (Å²) in [5.74, 6) is -3.85. The fraction of sp³-hybridized carbons (Fsp3) is 0.808. The molecular formula is C26H42O7Si. The van der Waals surface area contributed by atoms with Crippen molar-refractivity contribution in [1.29, 1.82) is 0 Å². The van der Waals surface area contributed by atoms with Crippen LogP contribution in [0, 0.1) is 29.1 Å². The van der Waals surface area contributed by atoms with Crippen LogP contribution in [0.15, 0.2) is 23.3 Å². The van der Waals surface area contributed by atoms with Crippen molar-refractivity contribution in [3.8, 4) is 0 Å². The number of rotatable bonds is 3. The van der Waals surface area contributed by atoms with Crippen molar-refractivity contribution in [3.05, 3.63) is 23.3 Å². The molecule has 192 valence electrons. The van der Waals surface area contributed by atoms with Gasteiger partial charge in [0.15, 0.2) is 19.7 Å². The average Bonchev–Trinajstić information content (AvgIpc) is 3.09. The Balaban J connectivity index is 1.88. The quantitative estimate of drug-likeness (QED) is 0.300. The summed E-state index contributed by atoms with van der Waals surface area (Å²) in [5, 5.41) is 58.1. The van der Waals surface area contributed by atoms with Crippen LogP contribution in [0.2, 0.25) is 18.1 Å². The van der Waals surface area contributed by atoms with E-state index in [9.17, 15) is 30.3 Å². The van der Waals surface area contributed by atoms with Crippen molar-refractivity contribution in [1.82, 2.24) is 0 Å². The van der Waals surface area contributed by atoms with E-state index in [1.54, 1.807) is 19.9 Å². The molecule has 0 bridgehead atoms. The van der Waals surface area contributed by atoms with Crippen LogP contribution in [0.3, 0.4) is 0 Å².